The van der Waals surface area contributed by atoms with Crippen molar-refractivity contribution in [2.45, 2.75) is 113 Å². The third-order valence-electron chi connectivity index (χ3n) is 9.05. The number of hydrogen-bond donors (Lipinski definition) is 2. The molecule has 0 radical (unpaired) electrons. The van der Waals surface area contributed by atoms with Crippen molar-refractivity contribution >= 4 is 11.6 Å². The average Bonchev–Trinajstić information content (AvgIpc) is 2.88. The van der Waals surface area contributed by atoms with Crippen LogP contribution < -0.4 is 0 Å². The highest BCUT2D eigenvalue weighted by atomic mass is 16.3. The van der Waals surface area contributed by atoms with E-state index in [1.54, 1.807) is 13.0 Å². The lowest BCUT2D eigenvalue weighted by Crippen LogP contribution is -2.55. The van der Waals surface area contributed by atoms with Gasteiger partial charge in [-0.15, -0.1) is 0 Å². The van der Waals surface area contributed by atoms with E-state index in [-0.39, 0.29) is 35.4 Å². The second-order valence-electron chi connectivity index (χ2n) is 14.2. The van der Waals surface area contributed by atoms with E-state index in [2.05, 4.69) is 32.6 Å². The van der Waals surface area contributed by atoms with Gasteiger partial charge in [0, 0.05) is 35.7 Å². The van der Waals surface area contributed by atoms with E-state index in [1.807, 2.05) is 96.2 Å². The highest BCUT2D eigenvalue weighted by Crippen LogP contribution is 2.48. The van der Waals surface area contributed by atoms with Gasteiger partial charge in [-0.3, -0.25) is 9.59 Å². The molecular weight excluding hydrogens is 544 g/mol. The number of carbonyl (C=O) groups excluding carboxylic acids is 2. The summed E-state index contributed by atoms with van der Waals surface area (Å²) in [5.74, 6) is 6.43. The molecule has 0 spiro atoms. The predicted octanol–water partition coefficient (Wildman–Crippen LogP) is 8.66. The van der Waals surface area contributed by atoms with Crippen LogP contribution in [0.5, 0.6) is 0 Å². The number of hydrogen-bond acceptors (Lipinski definition) is 4. The highest BCUT2D eigenvalue weighted by molar-refractivity contribution is 5.96. The summed E-state index contributed by atoms with van der Waals surface area (Å²) in [4.78, 5) is 25.0. The van der Waals surface area contributed by atoms with Gasteiger partial charge in [0.15, 0.2) is 5.78 Å². The summed E-state index contributed by atoms with van der Waals surface area (Å²) >= 11 is 0. The zero-order valence-electron chi connectivity index (χ0n) is 28.7. The van der Waals surface area contributed by atoms with Gasteiger partial charge in [-0.2, -0.15) is 0 Å². The molecule has 3 atom stereocenters. The molecule has 4 nitrogen and oxygen atoms in total. The summed E-state index contributed by atoms with van der Waals surface area (Å²) in [6.45, 7) is 19.8. The Morgan fingerprint density at radius 1 is 0.909 bits per heavy atom. The number of ketones is 2. The molecule has 0 bridgehead atoms. The van der Waals surface area contributed by atoms with Gasteiger partial charge >= 0.3 is 0 Å². The first-order chi connectivity index (χ1) is 20.4. The van der Waals surface area contributed by atoms with Crippen molar-refractivity contribution in [3.8, 4) is 11.8 Å². The molecule has 0 unspecified atom stereocenters. The fourth-order valence-electron chi connectivity index (χ4n) is 6.28. The van der Waals surface area contributed by atoms with E-state index < -0.39 is 11.0 Å². The Kier molecular flexibility index (Phi) is 13.1. The molecule has 2 N–H and O–H groups in total. The van der Waals surface area contributed by atoms with E-state index in [9.17, 15) is 19.8 Å². The largest absolute Gasteiger partial charge is 0.393 e. The van der Waals surface area contributed by atoms with Gasteiger partial charge in [-0.05, 0) is 64.5 Å². The van der Waals surface area contributed by atoms with Gasteiger partial charge in [-0.1, -0.05) is 124 Å². The lowest BCUT2D eigenvalue weighted by atomic mass is 9.58. The van der Waals surface area contributed by atoms with E-state index in [0.29, 0.717) is 24.8 Å². The maximum atomic E-state index is 12.9. The number of allylic oxidation sites excluding steroid dienone is 15. The molecule has 1 fully saturated rings. The first-order valence-corrected chi connectivity index (χ1v) is 15.8. The van der Waals surface area contributed by atoms with E-state index in [1.165, 1.54) is 5.57 Å². The van der Waals surface area contributed by atoms with Crippen molar-refractivity contribution in [2.75, 3.05) is 0 Å². The molecular formula is C40H54O4. The monoisotopic (exact) mass is 598 g/mol. The topological polar surface area (TPSA) is 74.6 Å². The lowest BCUT2D eigenvalue weighted by molar-refractivity contribution is -0.162. The Morgan fingerprint density at radius 3 is 2.02 bits per heavy atom. The number of aliphatic hydroxyl groups is 2. The summed E-state index contributed by atoms with van der Waals surface area (Å²) in [5, 5.41) is 21.5. The SMILES string of the molecule is CC1=C(C#C/C(C)=C/C=C/C(C)=C/C=C/C=C(C)/C=C/C=C(\C)C(=O)C[C@@]2(O)[C@H](C)CC(=O)CC2(C)C)C(C)(C)C[C@@H](O)C1. The number of Topliss-reactive ketones (excluding diaryl/α,β-unsaturated/α-hetero) is 2. The number of rotatable bonds is 9. The molecule has 1 saturated carbocycles. The van der Waals surface area contributed by atoms with E-state index in [4.69, 9.17) is 0 Å². The van der Waals surface area contributed by atoms with Crippen LogP contribution in [0.25, 0.3) is 0 Å². The fourth-order valence-corrected chi connectivity index (χ4v) is 6.28. The Bertz CT molecular complexity index is 1400. The molecule has 0 aromatic heterocycles. The summed E-state index contributed by atoms with van der Waals surface area (Å²) in [5.41, 5.74) is 4.11. The molecule has 2 aliphatic rings. The first-order valence-electron chi connectivity index (χ1n) is 15.8. The maximum absolute atomic E-state index is 12.9. The molecule has 0 heterocycles. The lowest BCUT2D eigenvalue weighted by Gasteiger charge is -2.49. The molecule has 2 rings (SSSR count). The molecule has 2 aliphatic carbocycles. The summed E-state index contributed by atoms with van der Waals surface area (Å²) in [7, 11) is 0. The second-order valence-corrected chi connectivity index (χ2v) is 14.2. The number of carbonyl (C=O) groups is 2. The normalized spacial score (nSPS) is 27.0. The van der Waals surface area contributed by atoms with Gasteiger partial charge < -0.3 is 10.2 Å². The van der Waals surface area contributed by atoms with Crippen molar-refractivity contribution in [1.82, 2.24) is 0 Å². The molecule has 0 aromatic rings. The quantitative estimate of drug-likeness (QED) is 0.158. The zero-order chi connectivity index (χ0) is 33.3. The van der Waals surface area contributed by atoms with Gasteiger partial charge in [0.2, 0.25) is 0 Å². The van der Waals surface area contributed by atoms with Crippen LogP contribution >= 0.6 is 0 Å². The third-order valence-corrected chi connectivity index (χ3v) is 9.05. The van der Waals surface area contributed by atoms with Crippen LogP contribution in [0.3, 0.4) is 0 Å². The maximum Gasteiger partial charge on any atom is 0.161 e. The van der Waals surface area contributed by atoms with Crippen molar-refractivity contribution in [1.29, 1.82) is 0 Å². The smallest absolute Gasteiger partial charge is 0.161 e. The molecule has 0 aliphatic heterocycles. The van der Waals surface area contributed by atoms with Gasteiger partial charge in [0.05, 0.1) is 11.7 Å². The Hall–Kier alpha value is -3.26. The Morgan fingerprint density at radius 2 is 1.48 bits per heavy atom. The Balaban J connectivity index is 1.93. The molecule has 0 saturated heterocycles. The van der Waals surface area contributed by atoms with Gasteiger partial charge in [0.25, 0.3) is 0 Å². The molecule has 0 amide bonds. The van der Waals surface area contributed by atoms with Crippen LogP contribution in [0, 0.1) is 28.6 Å². The zero-order valence-corrected chi connectivity index (χ0v) is 28.7. The van der Waals surface area contributed by atoms with Gasteiger partial charge in [-0.25, -0.2) is 0 Å². The summed E-state index contributed by atoms with van der Waals surface area (Å²) < 4.78 is 0. The van der Waals surface area contributed by atoms with Crippen molar-refractivity contribution in [3.05, 3.63) is 94.2 Å². The molecule has 0 aromatic carbocycles. The first kappa shape index (κ1) is 36.9. The average molecular weight is 599 g/mol. The van der Waals surface area contributed by atoms with Crippen LogP contribution in [0.4, 0.5) is 0 Å². The second kappa shape index (κ2) is 15.6. The van der Waals surface area contributed by atoms with Gasteiger partial charge in [0.1, 0.15) is 5.78 Å². The van der Waals surface area contributed by atoms with Crippen LogP contribution in [0.2, 0.25) is 0 Å². The van der Waals surface area contributed by atoms with Crippen molar-refractivity contribution in [2.24, 2.45) is 16.7 Å². The minimum atomic E-state index is -1.20. The fraction of sp³-hybridized carbons (Fsp3) is 0.500. The van der Waals surface area contributed by atoms with Crippen molar-refractivity contribution < 1.29 is 19.8 Å². The predicted molar refractivity (Wildman–Crippen MR) is 184 cm³/mol. The Labute approximate surface area is 266 Å². The minimum absolute atomic E-state index is 0.0210. The standard InChI is InChI=1S/C40H54O4/c1-28(17-13-18-30(3)21-22-36-32(5)23-34(41)25-38(36,7)8)15-11-12-16-29(2)19-14-20-31(4)37(43)27-40(44)33(6)24-35(42)26-39(40,9)10/h11-20,33-34,41,44H,23-27H2,1-10H3/b12-11+,17-13+,19-14+,28-15+,29-16+,30-18+,31-20+/t33-,34+,40-/m1/s1. The molecule has 238 valence electrons. The van der Waals surface area contributed by atoms with Crippen molar-refractivity contribution in [3.63, 3.8) is 0 Å². The molecule has 4 heteroatoms. The third kappa shape index (κ3) is 10.4. The summed E-state index contributed by atoms with van der Waals surface area (Å²) in [6, 6.07) is 0. The van der Waals surface area contributed by atoms with E-state index in [0.717, 1.165) is 28.7 Å². The highest BCUT2D eigenvalue weighted by Gasteiger charge is 2.53. The van der Waals surface area contributed by atoms with E-state index >= 15 is 0 Å². The summed E-state index contributed by atoms with van der Waals surface area (Å²) in [6.07, 6.45) is 21.5. The van der Waals surface area contributed by atoms with Crippen LogP contribution in [-0.2, 0) is 9.59 Å². The number of aliphatic hydroxyl groups excluding tert-OH is 1. The van der Waals surface area contributed by atoms with Crippen LogP contribution in [-0.4, -0.2) is 33.5 Å². The molecule has 44 heavy (non-hydrogen) atoms. The minimum Gasteiger partial charge on any atom is -0.393 e. The van der Waals surface area contributed by atoms with Crippen LogP contribution in [0.15, 0.2) is 94.2 Å². The van der Waals surface area contributed by atoms with Crippen LogP contribution in [0.1, 0.15) is 101 Å².